The summed E-state index contributed by atoms with van der Waals surface area (Å²) < 4.78 is 41.8. The van der Waals surface area contributed by atoms with Gasteiger partial charge in [-0.1, -0.05) is 30.3 Å². The van der Waals surface area contributed by atoms with Crippen molar-refractivity contribution in [2.75, 3.05) is 26.2 Å². The van der Waals surface area contributed by atoms with Crippen molar-refractivity contribution >= 4 is 5.65 Å². The van der Waals surface area contributed by atoms with Crippen LogP contribution in [0.25, 0.3) is 28.0 Å². The highest BCUT2D eigenvalue weighted by Crippen LogP contribution is 2.30. The molecule has 0 spiro atoms. The van der Waals surface area contributed by atoms with Crippen LogP contribution < -0.4 is 0 Å². The molecule has 0 bridgehead atoms. The van der Waals surface area contributed by atoms with Crippen molar-refractivity contribution in [1.29, 1.82) is 5.26 Å². The van der Waals surface area contributed by atoms with Gasteiger partial charge in [0.2, 0.25) is 0 Å². The molecule has 0 unspecified atom stereocenters. The van der Waals surface area contributed by atoms with E-state index in [1.807, 2.05) is 64.0 Å². The van der Waals surface area contributed by atoms with Crippen molar-refractivity contribution in [3.63, 3.8) is 0 Å². The number of alkyl halides is 3. The zero-order valence-electron chi connectivity index (χ0n) is 18.9. The summed E-state index contributed by atoms with van der Waals surface area (Å²) in [6.45, 7) is 1.12. The number of benzene rings is 1. The number of fused-ring (bicyclic) bond motifs is 1. The van der Waals surface area contributed by atoms with Crippen LogP contribution in [0.5, 0.6) is 0 Å². The Balaban J connectivity index is 1.58. The van der Waals surface area contributed by atoms with Gasteiger partial charge >= 0.3 is 6.30 Å². The van der Waals surface area contributed by atoms with E-state index < -0.39 is 6.30 Å². The van der Waals surface area contributed by atoms with Crippen molar-refractivity contribution in [1.82, 2.24) is 24.2 Å². The maximum absolute atomic E-state index is 13.3. The van der Waals surface area contributed by atoms with E-state index in [2.05, 4.69) is 11.1 Å². The van der Waals surface area contributed by atoms with Gasteiger partial charge in [-0.05, 0) is 48.4 Å². The number of imidazole rings is 1. The molecule has 0 amide bonds. The van der Waals surface area contributed by atoms with Gasteiger partial charge in [0.1, 0.15) is 17.4 Å². The van der Waals surface area contributed by atoms with Gasteiger partial charge in [-0.25, -0.2) is 14.9 Å². The summed E-state index contributed by atoms with van der Waals surface area (Å²) >= 11 is 0. The molecule has 0 atom stereocenters. The van der Waals surface area contributed by atoms with Gasteiger partial charge in [-0.15, -0.1) is 0 Å². The van der Waals surface area contributed by atoms with Crippen LogP contribution >= 0.6 is 0 Å². The second-order valence-corrected chi connectivity index (χ2v) is 8.52. The molecule has 35 heavy (non-hydrogen) atoms. The summed E-state index contributed by atoms with van der Waals surface area (Å²) in [6, 6.07) is 19.6. The van der Waals surface area contributed by atoms with Crippen molar-refractivity contribution in [3.05, 3.63) is 78.4 Å². The largest absolute Gasteiger partial charge is 0.459 e. The molecule has 0 N–H and O–H groups in total. The van der Waals surface area contributed by atoms with Gasteiger partial charge in [-0.3, -0.25) is 4.90 Å². The molecule has 1 saturated heterocycles. The molecule has 1 aliphatic rings. The lowest BCUT2D eigenvalue weighted by molar-refractivity contribution is -0.244. The number of aromatic nitrogens is 3. The lowest BCUT2D eigenvalue weighted by atomic mass is 10.1. The number of hydrogen-bond donors (Lipinski definition) is 0. The van der Waals surface area contributed by atoms with Crippen molar-refractivity contribution in [2.24, 2.45) is 0 Å². The number of halogens is 3. The molecule has 1 fully saturated rings. The molecule has 4 heterocycles. The maximum Gasteiger partial charge on any atom is 0.459 e. The first-order valence-corrected chi connectivity index (χ1v) is 11.4. The first-order valence-electron chi connectivity index (χ1n) is 11.4. The zero-order valence-corrected chi connectivity index (χ0v) is 18.9. The predicted molar refractivity (Wildman–Crippen MR) is 126 cm³/mol. The average molecular weight is 477 g/mol. The number of rotatable bonds is 4. The average Bonchev–Trinajstić information content (AvgIpc) is 3.04. The molecule has 4 aromatic rings. The molecule has 0 saturated carbocycles. The third-order valence-corrected chi connectivity index (χ3v) is 6.31. The maximum atomic E-state index is 13.3. The van der Waals surface area contributed by atoms with Crippen LogP contribution in [0.15, 0.2) is 67.0 Å². The second-order valence-electron chi connectivity index (χ2n) is 8.52. The van der Waals surface area contributed by atoms with Gasteiger partial charge in [0.15, 0.2) is 0 Å². The third kappa shape index (κ3) is 4.76. The Morgan fingerprint density at radius 2 is 1.74 bits per heavy atom. The van der Waals surface area contributed by atoms with Crippen LogP contribution in [0.3, 0.4) is 0 Å². The van der Waals surface area contributed by atoms with E-state index in [-0.39, 0.29) is 25.3 Å². The van der Waals surface area contributed by atoms with E-state index >= 15 is 0 Å². The second kappa shape index (κ2) is 9.49. The normalized spacial score (nSPS) is 15.7. The summed E-state index contributed by atoms with van der Waals surface area (Å²) in [6.07, 6.45) is -0.353. The van der Waals surface area contributed by atoms with E-state index in [4.69, 9.17) is 4.98 Å². The zero-order chi connectivity index (χ0) is 24.4. The lowest BCUT2D eigenvalue weighted by Crippen LogP contribution is -2.40. The van der Waals surface area contributed by atoms with Gasteiger partial charge in [0, 0.05) is 44.1 Å². The molecule has 178 valence electrons. The molecular formula is C26H23F3N6. The minimum Gasteiger partial charge on any atom is -0.301 e. The fourth-order valence-electron chi connectivity index (χ4n) is 4.54. The van der Waals surface area contributed by atoms with E-state index in [9.17, 15) is 18.4 Å². The smallest absolute Gasteiger partial charge is 0.301 e. The molecule has 3 aromatic heterocycles. The molecule has 1 aromatic carbocycles. The summed E-state index contributed by atoms with van der Waals surface area (Å²) in [4.78, 5) is 11.6. The van der Waals surface area contributed by atoms with E-state index in [1.165, 1.54) is 0 Å². The molecule has 5 rings (SSSR count). The van der Waals surface area contributed by atoms with Crippen molar-refractivity contribution < 1.29 is 13.2 Å². The summed E-state index contributed by atoms with van der Waals surface area (Å²) in [5, 5.41) is 9.63. The molecule has 0 radical (unpaired) electrons. The van der Waals surface area contributed by atoms with E-state index in [0.717, 1.165) is 16.8 Å². The Labute approximate surface area is 200 Å². The predicted octanol–water partition coefficient (Wildman–Crippen LogP) is 4.96. The summed E-state index contributed by atoms with van der Waals surface area (Å²) in [5.41, 5.74) is 5.06. The SMILES string of the molecule is N#Cc1ncccc1-c1nc2ccc(-c3ccccc3)cn2c1CN1CCCN(C(F)(F)F)CC1. The van der Waals surface area contributed by atoms with Gasteiger partial charge in [0.05, 0.1) is 11.4 Å². The molecular weight excluding hydrogens is 453 g/mol. The van der Waals surface area contributed by atoms with Crippen LogP contribution in [0, 0.1) is 11.3 Å². The quantitative estimate of drug-likeness (QED) is 0.390. The number of hydrogen-bond acceptors (Lipinski definition) is 5. The third-order valence-electron chi connectivity index (χ3n) is 6.31. The standard InChI is InChI=1S/C26H23F3N6/c27-26(28,29)34-13-5-12-33(14-15-34)18-23-25(21-8-4-11-31-22(21)16-30)32-24-10-9-20(17-35(23)24)19-6-2-1-3-7-19/h1-4,6-11,17H,5,12-15,18H2. The molecule has 9 heteroatoms. The fraction of sp³-hybridized carbons (Fsp3) is 0.269. The minimum absolute atomic E-state index is 0.0145. The van der Waals surface area contributed by atoms with Crippen LogP contribution in [0.1, 0.15) is 17.8 Å². The first-order chi connectivity index (χ1) is 16.9. The van der Waals surface area contributed by atoms with Gasteiger partial charge in [-0.2, -0.15) is 18.4 Å². The van der Waals surface area contributed by atoms with Crippen LogP contribution in [-0.2, 0) is 6.54 Å². The highest BCUT2D eigenvalue weighted by molar-refractivity contribution is 5.72. The Morgan fingerprint density at radius 3 is 2.51 bits per heavy atom. The van der Waals surface area contributed by atoms with Gasteiger partial charge < -0.3 is 4.40 Å². The van der Waals surface area contributed by atoms with Gasteiger partial charge in [0.25, 0.3) is 0 Å². The molecule has 6 nitrogen and oxygen atoms in total. The Hall–Kier alpha value is -3.74. The Morgan fingerprint density at radius 1 is 0.914 bits per heavy atom. The van der Waals surface area contributed by atoms with E-state index in [0.29, 0.717) is 41.3 Å². The summed E-state index contributed by atoms with van der Waals surface area (Å²) in [5.74, 6) is 0. The summed E-state index contributed by atoms with van der Waals surface area (Å²) in [7, 11) is 0. The monoisotopic (exact) mass is 476 g/mol. The fourth-order valence-corrected chi connectivity index (χ4v) is 4.54. The molecule has 1 aliphatic heterocycles. The Bertz CT molecular complexity index is 1370. The highest BCUT2D eigenvalue weighted by Gasteiger charge is 2.37. The number of pyridine rings is 2. The van der Waals surface area contributed by atoms with Crippen LogP contribution in [-0.4, -0.2) is 56.6 Å². The minimum atomic E-state index is -4.33. The van der Waals surface area contributed by atoms with Crippen molar-refractivity contribution in [2.45, 2.75) is 19.3 Å². The molecule has 0 aliphatic carbocycles. The topological polar surface area (TPSA) is 60.5 Å². The van der Waals surface area contributed by atoms with Crippen LogP contribution in [0.2, 0.25) is 0 Å². The van der Waals surface area contributed by atoms with Crippen LogP contribution in [0.4, 0.5) is 13.2 Å². The number of nitrogens with zero attached hydrogens (tertiary/aromatic N) is 6. The number of nitriles is 1. The highest BCUT2D eigenvalue weighted by atomic mass is 19.4. The first kappa shape index (κ1) is 23.0. The Kier molecular flexibility index (Phi) is 6.24. The van der Waals surface area contributed by atoms with E-state index in [1.54, 1.807) is 12.3 Å². The lowest BCUT2D eigenvalue weighted by Gasteiger charge is -2.23. The van der Waals surface area contributed by atoms with Crippen molar-refractivity contribution in [3.8, 4) is 28.5 Å².